The molecule has 6 nitrogen and oxygen atoms in total. The number of nitrogens with zero attached hydrogens (tertiary/aromatic N) is 2. The van der Waals surface area contributed by atoms with Gasteiger partial charge in [0.2, 0.25) is 17.6 Å². The maximum atomic E-state index is 12.6. The van der Waals surface area contributed by atoms with E-state index in [1.807, 2.05) is 36.6 Å². The molecular formula is C21H19N3O3S. The first-order chi connectivity index (χ1) is 13.7. The van der Waals surface area contributed by atoms with Crippen molar-refractivity contribution in [1.29, 1.82) is 0 Å². The summed E-state index contributed by atoms with van der Waals surface area (Å²) in [6.07, 6.45) is 2.17. The van der Waals surface area contributed by atoms with Gasteiger partial charge in [0.15, 0.2) is 5.76 Å². The molecule has 3 aromatic heterocycles. The third kappa shape index (κ3) is 4.20. The second-order valence-corrected chi connectivity index (χ2v) is 7.39. The van der Waals surface area contributed by atoms with Crippen LogP contribution in [0.2, 0.25) is 0 Å². The van der Waals surface area contributed by atoms with Crippen LogP contribution in [0.1, 0.15) is 34.4 Å². The Morgan fingerprint density at radius 1 is 1.18 bits per heavy atom. The summed E-state index contributed by atoms with van der Waals surface area (Å²) in [4.78, 5) is 17.9. The predicted molar refractivity (Wildman–Crippen MR) is 106 cm³/mol. The Hall–Kier alpha value is -3.19. The third-order valence-corrected chi connectivity index (χ3v) is 5.26. The van der Waals surface area contributed by atoms with Crippen molar-refractivity contribution in [2.45, 2.75) is 25.8 Å². The molecule has 0 spiro atoms. The molecule has 0 saturated heterocycles. The average molecular weight is 393 g/mol. The first kappa shape index (κ1) is 18.2. The molecule has 0 aliphatic carbocycles. The van der Waals surface area contributed by atoms with Crippen molar-refractivity contribution in [3.8, 4) is 11.6 Å². The highest BCUT2D eigenvalue weighted by molar-refractivity contribution is 7.10. The largest absolute Gasteiger partial charge is 0.461 e. The second kappa shape index (κ2) is 8.22. The molecule has 1 aromatic carbocycles. The fraction of sp³-hybridized carbons (Fsp3) is 0.190. The number of rotatable bonds is 7. The first-order valence-electron chi connectivity index (χ1n) is 8.95. The molecule has 0 bridgehead atoms. The van der Waals surface area contributed by atoms with Crippen LogP contribution in [0.25, 0.3) is 11.6 Å². The Kier molecular flexibility index (Phi) is 5.34. The Labute approximate surface area is 166 Å². The number of thiophene rings is 1. The Morgan fingerprint density at radius 2 is 2.04 bits per heavy atom. The maximum Gasteiger partial charge on any atom is 0.238 e. The molecule has 1 unspecified atom stereocenters. The standard InChI is InChI=1S/C21H19N3O3S/c1-14-6-8-15(9-7-14)20(17-5-3-13-28-17)22-18(25)10-11-19-23-21(24-27-19)16-4-2-12-26-16/h2-9,12-13,20H,10-11H2,1H3,(H,22,25). The summed E-state index contributed by atoms with van der Waals surface area (Å²) in [5.74, 6) is 1.26. The van der Waals surface area contributed by atoms with Crippen LogP contribution in [0.5, 0.6) is 0 Å². The lowest BCUT2D eigenvalue weighted by atomic mass is 10.0. The van der Waals surface area contributed by atoms with Gasteiger partial charge in [-0.3, -0.25) is 4.79 Å². The molecule has 0 fully saturated rings. The van der Waals surface area contributed by atoms with Gasteiger partial charge in [0.1, 0.15) is 0 Å². The molecule has 1 N–H and O–H groups in total. The van der Waals surface area contributed by atoms with E-state index in [2.05, 4.69) is 27.6 Å². The smallest absolute Gasteiger partial charge is 0.238 e. The van der Waals surface area contributed by atoms with Gasteiger partial charge in [-0.1, -0.05) is 41.1 Å². The molecular weight excluding hydrogens is 374 g/mol. The Morgan fingerprint density at radius 3 is 2.75 bits per heavy atom. The molecule has 4 rings (SSSR count). The van der Waals surface area contributed by atoms with E-state index in [-0.39, 0.29) is 18.4 Å². The number of hydrogen-bond acceptors (Lipinski definition) is 6. The maximum absolute atomic E-state index is 12.6. The highest BCUT2D eigenvalue weighted by Crippen LogP contribution is 2.26. The normalized spacial score (nSPS) is 12.0. The SMILES string of the molecule is Cc1ccc(C(NC(=O)CCc2nc(-c3ccco3)no2)c2cccs2)cc1. The summed E-state index contributed by atoms with van der Waals surface area (Å²) in [6, 6.07) is 15.6. The molecule has 0 radical (unpaired) electrons. The van der Waals surface area contributed by atoms with Crippen LogP contribution in [0.4, 0.5) is 0 Å². The van der Waals surface area contributed by atoms with E-state index < -0.39 is 0 Å². The zero-order chi connectivity index (χ0) is 19.3. The first-order valence-corrected chi connectivity index (χ1v) is 9.83. The van der Waals surface area contributed by atoms with Crippen molar-refractivity contribution in [1.82, 2.24) is 15.5 Å². The third-order valence-electron chi connectivity index (χ3n) is 4.32. The van der Waals surface area contributed by atoms with E-state index in [1.54, 1.807) is 29.7 Å². The average Bonchev–Trinajstić information content (AvgIpc) is 3.47. The fourth-order valence-electron chi connectivity index (χ4n) is 2.85. The molecule has 0 aliphatic heterocycles. The second-order valence-electron chi connectivity index (χ2n) is 6.42. The minimum Gasteiger partial charge on any atom is -0.461 e. The van der Waals surface area contributed by atoms with E-state index in [4.69, 9.17) is 8.94 Å². The van der Waals surface area contributed by atoms with Crippen molar-refractivity contribution < 1.29 is 13.7 Å². The lowest BCUT2D eigenvalue weighted by molar-refractivity contribution is -0.121. The number of benzene rings is 1. The summed E-state index contributed by atoms with van der Waals surface area (Å²) in [5, 5.41) is 9.02. The minimum absolute atomic E-state index is 0.0725. The van der Waals surface area contributed by atoms with Crippen LogP contribution in [0.3, 0.4) is 0 Å². The van der Waals surface area contributed by atoms with E-state index >= 15 is 0 Å². The van der Waals surface area contributed by atoms with Gasteiger partial charge in [-0.15, -0.1) is 11.3 Å². The Balaban J connectivity index is 1.41. The van der Waals surface area contributed by atoms with Gasteiger partial charge >= 0.3 is 0 Å². The lowest BCUT2D eigenvalue weighted by Gasteiger charge is -2.18. The summed E-state index contributed by atoms with van der Waals surface area (Å²) in [7, 11) is 0. The number of amides is 1. The van der Waals surface area contributed by atoms with Gasteiger partial charge in [-0.2, -0.15) is 4.98 Å². The molecule has 28 heavy (non-hydrogen) atoms. The molecule has 1 amide bonds. The van der Waals surface area contributed by atoms with Gasteiger partial charge in [0.05, 0.1) is 12.3 Å². The summed E-state index contributed by atoms with van der Waals surface area (Å²) >= 11 is 1.62. The molecule has 3 heterocycles. The van der Waals surface area contributed by atoms with E-state index in [9.17, 15) is 4.79 Å². The van der Waals surface area contributed by atoms with Gasteiger partial charge in [0.25, 0.3) is 0 Å². The van der Waals surface area contributed by atoms with Gasteiger partial charge in [-0.25, -0.2) is 0 Å². The molecule has 7 heteroatoms. The molecule has 0 saturated carbocycles. The number of hydrogen-bond donors (Lipinski definition) is 1. The van der Waals surface area contributed by atoms with Crippen LogP contribution in [0, 0.1) is 6.92 Å². The van der Waals surface area contributed by atoms with Crippen LogP contribution in [0.15, 0.2) is 69.1 Å². The van der Waals surface area contributed by atoms with E-state index in [0.29, 0.717) is 23.9 Å². The number of aryl methyl sites for hydroxylation is 2. The summed E-state index contributed by atoms with van der Waals surface area (Å²) < 4.78 is 10.5. The van der Waals surface area contributed by atoms with Crippen LogP contribution in [-0.4, -0.2) is 16.0 Å². The zero-order valence-electron chi connectivity index (χ0n) is 15.3. The number of nitrogens with one attached hydrogen (secondary N) is 1. The molecule has 4 aromatic rings. The van der Waals surface area contributed by atoms with Gasteiger partial charge in [-0.05, 0) is 36.1 Å². The number of carbonyl (C=O) groups excluding carboxylic acids is 1. The van der Waals surface area contributed by atoms with Crippen molar-refractivity contribution in [3.05, 3.63) is 82.1 Å². The highest BCUT2D eigenvalue weighted by Gasteiger charge is 2.19. The zero-order valence-corrected chi connectivity index (χ0v) is 16.1. The monoisotopic (exact) mass is 393 g/mol. The van der Waals surface area contributed by atoms with Crippen molar-refractivity contribution in [2.24, 2.45) is 0 Å². The highest BCUT2D eigenvalue weighted by atomic mass is 32.1. The quantitative estimate of drug-likeness (QED) is 0.499. The topological polar surface area (TPSA) is 81.2 Å². The van der Waals surface area contributed by atoms with Crippen molar-refractivity contribution in [3.63, 3.8) is 0 Å². The molecule has 142 valence electrons. The van der Waals surface area contributed by atoms with Crippen molar-refractivity contribution in [2.75, 3.05) is 0 Å². The van der Waals surface area contributed by atoms with E-state index in [0.717, 1.165) is 10.4 Å². The molecule has 0 aliphatic rings. The van der Waals surface area contributed by atoms with Crippen LogP contribution in [-0.2, 0) is 11.2 Å². The summed E-state index contributed by atoms with van der Waals surface area (Å²) in [5.41, 5.74) is 2.24. The number of aromatic nitrogens is 2. The summed E-state index contributed by atoms with van der Waals surface area (Å²) in [6.45, 7) is 2.05. The van der Waals surface area contributed by atoms with Crippen LogP contribution < -0.4 is 5.32 Å². The predicted octanol–water partition coefficient (Wildman–Crippen LogP) is 4.54. The fourth-order valence-corrected chi connectivity index (χ4v) is 3.65. The van der Waals surface area contributed by atoms with Gasteiger partial charge < -0.3 is 14.3 Å². The van der Waals surface area contributed by atoms with Gasteiger partial charge in [0, 0.05) is 17.7 Å². The minimum atomic E-state index is -0.172. The number of carbonyl (C=O) groups is 1. The lowest BCUT2D eigenvalue weighted by Crippen LogP contribution is -2.29. The van der Waals surface area contributed by atoms with Crippen molar-refractivity contribution >= 4 is 17.2 Å². The van der Waals surface area contributed by atoms with Crippen LogP contribution >= 0.6 is 11.3 Å². The Bertz CT molecular complexity index is 1020. The molecule has 1 atom stereocenters. The number of furan rings is 1. The van der Waals surface area contributed by atoms with E-state index in [1.165, 1.54) is 5.56 Å².